The summed E-state index contributed by atoms with van der Waals surface area (Å²) in [5, 5.41) is 0. The fraction of sp³-hybridized carbons (Fsp3) is 0.900. The predicted octanol–water partition coefficient (Wildman–Crippen LogP) is 15.6. The minimum Gasteiger partial charge on any atom is -0.457 e. The molecular formula is C50H98NO7P. The molecule has 3 N–H and O–H groups in total. The Labute approximate surface area is 366 Å². The molecule has 0 fully saturated rings. The van der Waals surface area contributed by atoms with Crippen molar-refractivity contribution >= 4 is 13.8 Å². The van der Waals surface area contributed by atoms with Gasteiger partial charge in [0.15, 0.2) is 0 Å². The highest BCUT2D eigenvalue weighted by Crippen LogP contribution is 2.43. The molecule has 2 unspecified atom stereocenters. The maximum Gasteiger partial charge on any atom is 0.472 e. The van der Waals surface area contributed by atoms with Crippen molar-refractivity contribution in [2.75, 3.05) is 33.0 Å². The van der Waals surface area contributed by atoms with E-state index in [4.69, 9.17) is 24.3 Å². The lowest BCUT2D eigenvalue weighted by Crippen LogP contribution is -2.28. The Morgan fingerprint density at radius 3 is 1.24 bits per heavy atom. The van der Waals surface area contributed by atoms with E-state index in [9.17, 15) is 14.3 Å². The Morgan fingerprint density at radius 2 is 0.847 bits per heavy atom. The van der Waals surface area contributed by atoms with Crippen molar-refractivity contribution in [3.63, 3.8) is 0 Å². The van der Waals surface area contributed by atoms with E-state index < -0.39 is 13.9 Å². The normalized spacial score (nSPS) is 13.5. The third-order valence-corrected chi connectivity index (χ3v) is 12.1. The quantitative estimate of drug-likeness (QED) is 0.0269. The van der Waals surface area contributed by atoms with Gasteiger partial charge in [-0.1, -0.05) is 205 Å². The fourth-order valence-corrected chi connectivity index (χ4v) is 8.11. The molecule has 0 radical (unpaired) electrons. The summed E-state index contributed by atoms with van der Waals surface area (Å²) < 4.78 is 33.5. The zero-order valence-electron chi connectivity index (χ0n) is 39.0. The van der Waals surface area contributed by atoms with Gasteiger partial charge in [0.2, 0.25) is 0 Å². The number of nitrogens with two attached hydrogens (primary N) is 1. The molecule has 0 saturated carbocycles. The van der Waals surface area contributed by atoms with E-state index in [-0.39, 0.29) is 32.3 Å². The summed E-state index contributed by atoms with van der Waals surface area (Å²) in [6.45, 7) is 4.94. The van der Waals surface area contributed by atoms with Crippen molar-refractivity contribution in [2.45, 2.75) is 258 Å². The van der Waals surface area contributed by atoms with E-state index in [2.05, 4.69) is 38.2 Å². The van der Waals surface area contributed by atoms with Crippen molar-refractivity contribution in [2.24, 2.45) is 5.73 Å². The third kappa shape index (κ3) is 47.9. The van der Waals surface area contributed by atoms with Crippen LogP contribution in [0.3, 0.4) is 0 Å². The van der Waals surface area contributed by atoms with E-state index in [1.807, 2.05) is 0 Å². The van der Waals surface area contributed by atoms with Gasteiger partial charge in [0.05, 0.1) is 19.8 Å². The number of esters is 1. The Bertz CT molecular complexity index is 962. The highest BCUT2D eigenvalue weighted by Gasteiger charge is 2.25. The largest absolute Gasteiger partial charge is 0.472 e. The highest BCUT2D eigenvalue weighted by atomic mass is 31.2. The lowest BCUT2D eigenvalue weighted by Gasteiger charge is -2.20. The highest BCUT2D eigenvalue weighted by molar-refractivity contribution is 7.47. The molecule has 0 bridgehead atoms. The van der Waals surface area contributed by atoms with Crippen LogP contribution in [-0.2, 0) is 27.9 Å². The lowest BCUT2D eigenvalue weighted by molar-refractivity contribution is -0.154. The zero-order chi connectivity index (χ0) is 43.0. The molecule has 0 aromatic carbocycles. The molecule has 0 amide bonds. The Morgan fingerprint density at radius 1 is 0.492 bits per heavy atom. The zero-order valence-corrected chi connectivity index (χ0v) is 39.9. The molecule has 8 nitrogen and oxygen atoms in total. The molecule has 0 spiro atoms. The second-order valence-electron chi connectivity index (χ2n) is 17.0. The van der Waals surface area contributed by atoms with Crippen LogP contribution in [0.2, 0.25) is 0 Å². The average molecular weight is 856 g/mol. The van der Waals surface area contributed by atoms with Crippen LogP contribution in [-0.4, -0.2) is 49.9 Å². The molecule has 350 valence electrons. The first-order valence-electron chi connectivity index (χ1n) is 25.3. The Balaban J connectivity index is 3.89. The topological polar surface area (TPSA) is 117 Å². The summed E-state index contributed by atoms with van der Waals surface area (Å²) in [6, 6.07) is 0. The molecule has 9 heteroatoms. The smallest absolute Gasteiger partial charge is 0.457 e. The molecule has 2 atom stereocenters. The molecule has 0 aromatic heterocycles. The average Bonchev–Trinajstić information content (AvgIpc) is 3.23. The summed E-state index contributed by atoms with van der Waals surface area (Å²) in [6.07, 6.45) is 55.0. The first-order valence-corrected chi connectivity index (χ1v) is 26.8. The molecule has 0 aliphatic rings. The number of hydrogen-bond acceptors (Lipinski definition) is 7. The van der Waals surface area contributed by atoms with E-state index in [0.717, 1.165) is 32.1 Å². The Hall–Kier alpha value is -1.02. The van der Waals surface area contributed by atoms with Crippen molar-refractivity contribution in [1.29, 1.82) is 0 Å². The number of allylic oxidation sites excluding steroid dienone is 4. The van der Waals surface area contributed by atoms with E-state index in [0.29, 0.717) is 13.0 Å². The monoisotopic (exact) mass is 856 g/mol. The number of hydrogen-bond donors (Lipinski definition) is 2. The van der Waals surface area contributed by atoms with Crippen molar-refractivity contribution < 1.29 is 32.8 Å². The SMILES string of the molecule is CCCCCCC/C=C\CCCCCCCCOCC(COP(=O)(O)OCCN)OC(=O)CCCCCCCCCCCCCCC/C=C\CCCCCCCCCC. The second-order valence-corrected chi connectivity index (χ2v) is 18.5. The maximum atomic E-state index is 12.6. The first kappa shape index (κ1) is 58.0. The molecule has 0 aliphatic carbocycles. The van der Waals surface area contributed by atoms with Gasteiger partial charge in [0, 0.05) is 19.6 Å². The number of ether oxygens (including phenoxy) is 2. The van der Waals surface area contributed by atoms with Crippen LogP contribution in [0.5, 0.6) is 0 Å². The standard InChI is InChI=1S/C50H98NO7P/c1-3-5-7-9-11-13-15-17-19-20-21-22-23-24-25-26-27-28-29-31-33-35-37-39-41-43-50(52)58-49(48-57-59(53,54)56-46-44-51)47-55-45-42-40-38-36-34-32-30-18-16-14-12-10-8-6-4-2/h16,18,20-21,49H,3-15,17,19,22-48,51H2,1-2H3,(H,53,54)/b18-16-,21-20-. The molecule has 0 aliphatic heterocycles. The van der Waals surface area contributed by atoms with Crippen LogP contribution in [0, 0.1) is 0 Å². The summed E-state index contributed by atoms with van der Waals surface area (Å²) in [7, 11) is -4.28. The number of carbonyl (C=O) groups is 1. The minimum atomic E-state index is -4.28. The van der Waals surface area contributed by atoms with Gasteiger partial charge in [-0.05, 0) is 64.2 Å². The van der Waals surface area contributed by atoms with Gasteiger partial charge >= 0.3 is 13.8 Å². The van der Waals surface area contributed by atoms with Crippen LogP contribution >= 0.6 is 7.82 Å². The van der Waals surface area contributed by atoms with Gasteiger partial charge in [0.1, 0.15) is 6.10 Å². The maximum absolute atomic E-state index is 12.6. The summed E-state index contributed by atoms with van der Waals surface area (Å²) in [5.74, 6) is -0.329. The van der Waals surface area contributed by atoms with Gasteiger partial charge in [-0.3, -0.25) is 13.8 Å². The second kappa shape index (κ2) is 48.0. The molecule has 0 heterocycles. The Kier molecular flexibility index (Phi) is 47.2. The minimum absolute atomic E-state index is 0.0947. The van der Waals surface area contributed by atoms with Crippen LogP contribution in [0.15, 0.2) is 24.3 Å². The van der Waals surface area contributed by atoms with Gasteiger partial charge < -0.3 is 20.1 Å². The van der Waals surface area contributed by atoms with Gasteiger partial charge in [-0.15, -0.1) is 0 Å². The molecule has 59 heavy (non-hydrogen) atoms. The van der Waals surface area contributed by atoms with Crippen LogP contribution < -0.4 is 5.73 Å². The van der Waals surface area contributed by atoms with Crippen molar-refractivity contribution in [1.82, 2.24) is 0 Å². The van der Waals surface area contributed by atoms with Crippen LogP contribution in [0.25, 0.3) is 0 Å². The predicted molar refractivity (Wildman–Crippen MR) is 252 cm³/mol. The first-order chi connectivity index (χ1) is 28.9. The third-order valence-electron chi connectivity index (χ3n) is 11.1. The number of unbranched alkanes of at least 4 members (excludes halogenated alkanes) is 32. The van der Waals surface area contributed by atoms with Crippen molar-refractivity contribution in [3.8, 4) is 0 Å². The van der Waals surface area contributed by atoms with Crippen LogP contribution in [0.4, 0.5) is 0 Å². The summed E-state index contributed by atoms with van der Waals surface area (Å²) >= 11 is 0. The van der Waals surface area contributed by atoms with E-state index in [1.54, 1.807) is 0 Å². The molecule has 0 aromatic rings. The van der Waals surface area contributed by atoms with Crippen LogP contribution in [0.1, 0.15) is 251 Å². The molecule has 0 rings (SSSR count). The number of carbonyl (C=O) groups excluding carboxylic acids is 1. The van der Waals surface area contributed by atoms with Gasteiger partial charge in [-0.2, -0.15) is 0 Å². The summed E-state index contributed by atoms with van der Waals surface area (Å²) in [4.78, 5) is 22.6. The van der Waals surface area contributed by atoms with Gasteiger partial charge in [0.25, 0.3) is 0 Å². The molecule has 0 saturated heterocycles. The summed E-state index contributed by atoms with van der Waals surface area (Å²) in [5.41, 5.74) is 5.38. The van der Waals surface area contributed by atoms with E-state index in [1.165, 1.54) is 199 Å². The number of phosphoric acid groups is 1. The molecular weight excluding hydrogens is 758 g/mol. The fourth-order valence-electron chi connectivity index (χ4n) is 7.34. The van der Waals surface area contributed by atoms with Gasteiger partial charge in [-0.25, -0.2) is 4.57 Å². The number of rotatable bonds is 49. The van der Waals surface area contributed by atoms with Crippen molar-refractivity contribution in [3.05, 3.63) is 24.3 Å². The van der Waals surface area contributed by atoms with E-state index >= 15 is 0 Å². The number of phosphoric ester groups is 1. The lowest BCUT2D eigenvalue weighted by atomic mass is 10.0.